The van der Waals surface area contributed by atoms with E-state index in [0.29, 0.717) is 11.2 Å². The zero-order chi connectivity index (χ0) is 11.4. The first-order chi connectivity index (χ1) is 7.79. The van der Waals surface area contributed by atoms with E-state index in [4.69, 9.17) is 11.6 Å². The predicted octanol–water partition coefficient (Wildman–Crippen LogP) is 1.31. The van der Waals surface area contributed by atoms with Gasteiger partial charge in [-0.1, -0.05) is 11.6 Å². The minimum absolute atomic E-state index is 0.456. The van der Waals surface area contributed by atoms with E-state index in [0.717, 1.165) is 25.3 Å². The fourth-order valence-corrected chi connectivity index (χ4v) is 2.30. The molecular formula is C11H17ClN4. The number of likely N-dealkylation sites (tertiary alicyclic amines) is 1. The lowest BCUT2D eigenvalue weighted by atomic mass is 10.2. The summed E-state index contributed by atoms with van der Waals surface area (Å²) >= 11 is 5.71. The second kappa shape index (κ2) is 5.57. The molecule has 16 heavy (non-hydrogen) atoms. The van der Waals surface area contributed by atoms with Gasteiger partial charge in [0.2, 0.25) is 0 Å². The molecule has 1 aromatic heterocycles. The summed E-state index contributed by atoms with van der Waals surface area (Å²) in [4.78, 5) is 10.8. The normalized spacial score (nSPS) is 21.5. The van der Waals surface area contributed by atoms with Crippen LogP contribution in [0.1, 0.15) is 18.5 Å². The Morgan fingerprint density at radius 2 is 2.38 bits per heavy atom. The highest BCUT2D eigenvalue weighted by molar-refractivity contribution is 6.29. The number of likely N-dealkylation sites (N-methyl/N-ethyl adjacent to an activating group) is 1. The molecule has 1 aromatic rings. The highest BCUT2D eigenvalue weighted by atomic mass is 35.5. The SMILES string of the molecule is CNCC1CCCN1Cc1cnc(Cl)cn1. The summed E-state index contributed by atoms with van der Waals surface area (Å²) in [6.45, 7) is 3.06. The summed E-state index contributed by atoms with van der Waals surface area (Å²) in [5, 5.41) is 3.69. The highest BCUT2D eigenvalue weighted by Gasteiger charge is 2.23. The van der Waals surface area contributed by atoms with Gasteiger partial charge in [0.15, 0.2) is 0 Å². The van der Waals surface area contributed by atoms with Gasteiger partial charge in [0.25, 0.3) is 0 Å². The van der Waals surface area contributed by atoms with Gasteiger partial charge < -0.3 is 5.32 Å². The Balaban J connectivity index is 1.95. The van der Waals surface area contributed by atoms with E-state index in [1.54, 1.807) is 12.4 Å². The van der Waals surface area contributed by atoms with Crippen LogP contribution in [0.3, 0.4) is 0 Å². The van der Waals surface area contributed by atoms with Gasteiger partial charge in [0.1, 0.15) is 5.15 Å². The Morgan fingerprint density at radius 1 is 1.50 bits per heavy atom. The van der Waals surface area contributed by atoms with Crippen LogP contribution >= 0.6 is 11.6 Å². The minimum atomic E-state index is 0.456. The van der Waals surface area contributed by atoms with Gasteiger partial charge in [0.05, 0.1) is 18.1 Å². The van der Waals surface area contributed by atoms with Gasteiger partial charge in [0, 0.05) is 19.1 Å². The van der Waals surface area contributed by atoms with Gasteiger partial charge in [-0.15, -0.1) is 0 Å². The lowest BCUT2D eigenvalue weighted by Crippen LogP contribution is -2.36. The molecule has 1 N–H and O–H groups in total. The molecular weight excluding hydrogens is 224 g/mol. The van der Waals surface area contributed by atoms with Crippen LogP contribution in [0, 0.1) is 0 Å². The molecule has 1 fully saturated rings. The molecule has 1 aliphatic heterocycles. The summed E-state index contributed by atoms with van der Waals surface area (Å²) in [6, 6.07) is 0.627. The van der Waals surface area contributed by atoms with Gasteiger partial charge in [-0.2, -0.15) is 0 Å². The van der Waals surface area contributed by atoms with Crippen molar-refractivity contribution in [3.63, 3.8) is 0 Å². The number of halogens is 1. The van der Waals surface area contributed by atoms with Crippen LogP contribution in [-0.2, 0) is 6.54 Å². The van der Waals surface area contributed by atoms with E-state index in [-0.39, 0.29) is 0 Å². The lowest BCUT2D eigenvalue weighted by molar-refractivity contribution is 0.239. The summed E-state index contributed by atoms with van der Waals surface area (Å²) in [7, 11) is 2.00. The highest BCUT2D eigenvalue weighted by Crippen LogP contribution is 2.18. The number of rotatable bonds is 4. The standard InChI is InChI=1S/C11H17ClN4/c1-13-6-10-3-2-4-16(10)8-9-5-15-11(12)7-14-9/h5,7,10,13H,2-4,6,8H2,1H3. The Hall–Kier alpha value is -0.710. The first kappa shape index (κ1) is 11.8. The van der Waals surface area contributed by atoms with E-state index in [1.807, 2.05) is 7.05 Å². The van der Waals surface area contributed by atoms with Crippen molar-refractivity contribution in [1.29, 1.82) is 0 Å². The number of hydrogen-bond donors (Lipinski definition) is 1. The van der Waals surface area contributed by atoms with Crippen molar-refractivity contribution >= 4 is 11.6 Å². The van der Waals surface area contributed by atoms with Gasteiger partial charge in [-0.3, -0.25) is 9.88 Å². The van der Waals surface area contributed by atoms with E-state index < -0.39 is 0 Å². The topological polar surface area (TPSA) is 41.0 Å². The Labute approximate surface area is 101 Å². The fourth-order valence-electron chi connectivity index (χ4n) is 2.20. The van der Waals surface area contributed by atoms with Crippen LogP contribution < -0.4 is 5.32 Å². The Morgan fingerprint density at radius 3 is 3.06 bits per heavy atom. The van der Waals surface area contributed by atoms with Crippen LogP contribution in [-0.4, -0.2) is 41.0 Å². The van der Waals surface area contributed by atoms with E-state index in [9.17, 15) is 0 Å². The van der Waals surface area contributed by atoms with Gasteiger partial charge in [-0.25, -0.2) is 4.98 Å². The van der Waals surface area contributed by atoms with Crippen LogP contribution in [0.15, 0.2) is 12.4 Å². The molecule has 2 rings (SSSR count). The molecule has 2 heterocycles. The molecule has 0 aromatic carbocycles. The molecule has 1 unspecified atom stereocenters. The Bertz CT molecular complexity index is 327. The summed E-state index contributed by atoms with van der Waals surface area (Å²) in [6.07, 6.45) is 5.91. The van der Waals surface area contributed by atoms with Crippen LogP contribution in [0.25, 0.3) is 0 Å². The second-order valence-corrected chi connectivity index (χ2v) is 4.54. The monoisotopic (exact) mass is 240 g/mol. The molecule has 4 nitrogen and oxygen atoms in total. The zero-order valence-corrected chi connectivity index (χ0v) is 10.2. The smallest absolute Gasteiger partial charge is 0.147 e. The lowest BCUT2D eigenvalue weighted by Gasteiger charge is -2.23. The predicted molar refractivity (Wildman–Crippen MR) is 64.4 cm³/mol. The zero-order valence-electron chi connectivity index (χ0n) is 9.49. The summed E-state index contributed by atoms with van der Waals surface area (Å²) in [5.74, 6) is 0. The Kier molecular flexibility index (Phi) is 4.09. The molecule has 0 saturated carbocycles. The maximum absolute atomic E-state index is 5.71. The molecule has 0 radical (unpaired) electrons. The molecule has 88 valence electrons. The van der Waals surface area contributed by atoms with E-state index >= 15 is 0 Å². The third-order valence-corrected chi connectivity index (χ3v) is 3.17. The number of aromatic nitrogens is 2. The number of hydrogen-bond acceptors (Lipinski definition) is 4. The molecule has 0 aliphatic carbocycles. The third kappa shape index (κ3) is 2.90. The summed E-state index contributed by atoms with van der Waals surface area (Å²) < 4.78 is 0. The first-order valence-electron chi connectivity index (χ1n) is 5.64. The van der Waals surface area contributed by atoms with Crippen molar-refractivity contribution in [3.8, 4) is 0 Å². The molecule has 1 aliphatic rings. The van der Waals surface area contributed by atoms with E-state index in [2.05, 4.69) is 20.2 Å². The number of nitrogens with one attached hydrogen (secondary N) is 1. The molecule has 0 bridgehead atoms. The molecule has 1 saturated heterocycles. The molecule has 0 spiro atoms. The second-order valence-electron chi connectivity index (χ2n) is 4.15. The van der Waals surface area contributed by atoms with Gasteiger partial charge >= 0.3 is 0 Å². The molecule has 5 heteroatoms. The van der Waals surface area contributed by atoms with Crippen LogP contribution in [0.5, 0.6) is 0 Å². The van der Waals surface area contributed by atoms with Crippen molar-refractivity contribution in [1.82, 2.24) is 20.2 Å². The average molecular weight is 241 g/mol. The average Bonchev–Trinajstić information content (AvgIpc) is 2.70. The van der Waals surface area contributed by atoms with Crippen molar-refractivity contribution in [2.24, 2.45) is 0 Å². The summed E-state index contributed by atoms with van der Waals surface area (Å²) in [5.41, 5.74) is 0.993. The van der Waals surface area contributed by atoms with Crippen molar-refractivity contribution < 1.29 is 0 Å². The number of nitrogens with zero attached hydrogens (tertiary/aromatic N) is 3. The third-order valence-electron chi connectivity index (χ3n) is 2.98. The largest absolute Gasteiger partial charge is 0.318 e. The van der Waals surface area contributed by atoms with Gasteiger partial charge in [-0.05, 0) is 26.4 Å². The van der Waals surface area contributed by atoms with Crippen LogP contribution in [0.4, 0.5) is 0 Å². The maximum atomic E-state index is 5.71. The van der Waals surface area contributed by atoms with Crippen LogP contribution in [0.2, 0.25) is 5.15 Å². The van der Waals surface area contributed by atoms with Crippen molar-refractivity contribution in [3.05, 3.63) is 23.2 Å². The van der Waals surface area contributed by atoms with E-state index in [1.165, 1.54) is 12.8 Å². The van der Waals surface area contributed by atoms with Crippen molar-refractivity contribution in [2.75, 3.05) is 20.1 Å². The minimum Gasteiger partial charge on any atom is -0.318 e. The maximum Gasteiger partial charge on any atom is 0.147 e. The van der Waals surface area contributed by atoms with Crippen molar-refractivity contribution in [2.45, 2.75) is 25.4 Å². The first-order valence-corrected chi connectivity index (χ1v) is 6.02. The molecule has 0 amide bonds. The fraction of sp³-hybridized carbons (Fsp3) is 0.636. The molecule has 1 atom stereocenters. The quantitative estimate of drug-likeness (QED) is 0.862.